The van der Waals surface area contributed by atoms with Crippen molar-refractivity contribution in [1.29, 1.82) is 0 Å². The lowest BCUT2D eigenvalue weighted by Crippen LogP contribution is -2.17. The Labute approximate surface area is 151 Å². The van der Waals surface area contributed by atoms with E-state index in [9.17, 15) is 4.39 Å². The van der Waals surface area contributed by atoms with E-state index in [1.165, 1.54) is 30.7 Å². The zero-order valence-electron chi connectivity index (χ0n) is 14.2. The molecule has 2 heterocycles. The van der Waals surface area contributed by atoms with Crippen LogP contribution in [0, 0.1) is 12.4 Å². The SMILES string of the molecule is [C-]#[N+]c1ccc(-c2cc(N)nn2-c2ccc(N3CCCC3)cc2)cc1F. The van der Waals surface area contributed by atoms with Crippen LogP contribution in [-0.4, -0.2) is 22.9 Å². The van der Waals surface area contributed by atoms with Gasteiger partial charge >= 0.3 is 0 Å². The number of hydrogen-bond acceptors (Lipinski definition) is 3. The maximum atomic E-state index is 14.0. The first-order chi connectivity index (χ1) is 12.7. The Bertz CT molecular complexity index is 978. The third-order valence-electron chi connectivity index (χ3n) is 4.66. The number of nitrogens with two attached hydrogens (primary N) is 1. The van der Waals surface area contributed by atoms with Gasteiger partial charge < -0.3 is 10.6 Å². The van der Waals surface area contributed by atoms with Crippen molar-refractivity contribution >= 4 is 17.2 Å². The van der Waals surface area contributed by atoms with Crippen LogP contribution in [0.2, 0.25) is 0 Å². The molecule has 3 aromatic rings. The molecule has 2 N–H and O–H groups in total. The summed E-state index contributed by atoms with van der Waals surface area (Å²) in [4.78, 5) is 5.52. The van der Waals surface area contributed by atoms with Crippen LogP contribution in [0.15, 0.2) is 48.5 Å². The molecule has 0 aliphatic carbocycles. The Morgan fingerprint density at radius 3 is 2.35 bits per heavy atom. The third kappa shape index (κ3) is 2.88. The Balaban J connectivity index is 1.72. The van der Waals surface area contributed by atoms with Crippen LogP contribution in [0.4, 0.5) is 21.6 Å². The minimum atomic E-state index is -0.548. The molecule has 1 saturated heterocycles. The van der Waals surface area contributed by atoms with Gasteiger partial charge in [-0.2, -0.15) is 5.10 Å². The number of rotatable bonds is 3. The van der Waals surface area contributed by atoms with Gasteiger partial charge in [0.25, 0.3) is 0 Å². The zero-order chi connectivity index (χ0) is 18.1. The lowest BCUT2D eigenvalue weighted by molar-refractivity contribution is 0.634. The van der Waals surface area contributed by atoms with Crippen molar-refractivity contribution in [2.75, 3.05) is 23.7 Å². The summed E-state index contributed by atoms with van der Waals surface area (Å²) in [7, 11) is 0. The summed E-state index contributed by atoms with van der Waals surface area (Å²) >= 11 is 0. The molecular formula is C20H18FN5. The highest BCUT2D eigenvalue weighted by Gasteiger charge is 2.15. The van der Waals surface area contributed by atoms with Crippen molar-refractivity contribution in [3.05, 3.63) is 65.8 Å². The second-order valence-electron chi connectivity index (χ2n) is 6.35. The fourth-order valence-corrected chi connectivity index (χ4v) is 3.34. The summed E-state index contributed by atoms with van der Waals surface area (Å²) in [6.07, 6.45) is 2.46. The van der Waals surface area contributed by atoms with Crippen LogP contribution in [0.5, 0.6) is 0 Å². The Kier molecular flexibility index (Phi) is 4.05. The monoisotopic (exact) mass is 347 g/mol. The summed E-state index contributed by atoms with van der Waals surface area (Å²) in [6.45, 7) is 9.15. The van der Waals surface area contributed by atoms with Crippen molar-refractivity contribution in [2.24, 2.45) is 0 Å². The van der Waals surface area contributed by atoms with E-state index in [4.69, 9.17) is 12.3 Å². The van der Waals surface area contributed by atoms with Gasteiger partial charge in [0.1, 0.15) is 11.6 Å². The molecule has 0 amide bonds. The van der Waals surface area contributed by atoms with Crippen molar-refractivity contribution < 1.29 is 4.39 Å². The molecule has 130 valence electrons. The van der Waals surface area contributed by atoms with E-state index in [1.54, 1.807) is 16.8 Å². The molecule has 1 fully saturated rings. The minimum absolute atomic E-state index is 0.00255. The van der Waals surface area contributed by atoms with Crippen molar-refractivity contribution in [2.45, 2.75) is 12.8 Å². The van der Waals surface area contributed by atoms with Gasteiger partial charge in [-0.25, -0.2) is 13.9 Å². The van der Waals surface area contributed by atoms with Crippen LogP contribution < -0.4 is 10.6 Å². The zero-order valence-corrected chi connectivity index (χ0v) is 14.2. The molecule has 0 radical (unpaired) electrons. The molecule has 5 nitrogen and oxygen atoms in total. The highest BCUT2D eigenvalue weighted by Crippen LogP contribution is 2.30. The number of hydrogen-bond donors (Lipinski definition) is 1. The summed E-state index contributed by atoms with van der Waals surface area (Å²) in [5.41, 5.74) is 9.26. The maximum absolute atomic E-state index is 14.0. The van der Waals surface area contributed by atoms with Crippen molar-refractivity contribution in [3.8, 4) is 16.9 Å². The fraction of sp³-hybridized carbons (Fsp3) is 0.200. The van der Waals surface area contributed by atoms with E-state index in [2.05, 4.69) is 27.0 Å². The van der Waals surface area contributed by atoms with Gasteiger partial charge in [0.15, 0.2) is 0 Å². The number of halogens is 1. The number of nitrogen functional groups attached to an aromatic ring is 1. The van der Waals surface area contributed by atoms with Gasteiger partial charge in [-0.15, -0.1) is 0 Å². The quantitative estimate of drug-likeness (QED) is 0.714. The average molecular weight is 347 g/mol. The van der Waals surface area contributed by atoms with Gasteiger partial charge in [-0.1, -0.05) is 12.1 Å². The first kappa shape index (κ1) is 16.2. The Morgan fingerprint density at radius 2 is 1.69 bits per heavy atom. The fourth-order valence-electron chi connectivity index (χ4n) is 3.34. The summed E-state index contributed by atoms with van der Waals surface area (Å²) in [5.74, 6) is -0.188. The van der Waals surface area contributed by atoms with Crippen molar-refractivity contribution in [3.63, 3.8) is 0 Å². The molecule has 4 rings (SSSR count). The van der Waals surface area contributed by atoms with Crippen LogP contribution in [-0.2, 0) is 0 Å². The van der Waals surface area contributed by atoms with Gasteiger partial charge in [-0.05, 0) is 43.2 Å². The molecule has 26 heavy (non-hydrogen) atoms. The van der Waals surface area contributed by atoms with E-state index in [0.717, 1.165) is 18.8 Å². The lowest BCUT2D eigenvalue weighted by atomic mass is 10.1. The smallest absolute Gasteiger partial charge is 0.222 e. The van der Waals surface area contributed by atoms with Crippen LogP contribution >= 0.6 is 0 Å². The molecule has 0 atom stereocenters. The lowest BCUT2D eigenvalue weighted by Gasteiger charge is -2.18. The molecule has 1 aliphatic heterocycles. The highest BCUT2D eigenvalue weighted by atomic mass is 19.1. The van der Waals surface area contributed by atoms with E-state index < -0.39 is 5.82 Å². The standard InChI is InChI=1S/C20H18FN5/c1-23-18-9-4-14(12-17(18)21)19-13-20(22)24-26(19)16-7-5-15(6-8-16)25-10-2-3-11-25/h4-9,12-13H,2-3,10-11H2,(H2,22,24). The highest BCUT2D eigenvalue weighted by molar-refractivity contribution is 5.68. The largest absolute Gasteiger partial charge is 0.382 e. The molecular weight excluding hydrogens is 329 g/mol. The minimum Gasteiger partial charge on any atom is -0.382 e. The number of nitrogens with zero attached hydrogens (tertiary/aromatic N) is 4. The summed E-state index contributed by atoms with van der Waals surface area (Å²) < 4.78 is 15.7. The van der Waals surface area contributed by atoms with Crippen molar-refractivity contribution in [1.82, 2.24) is 9.78 Å². The van der Waals surface area contributed by atoms with E-state index >= 15 is 0 Å². The second-order valence-corrected chi connectivity index (χ2v) is 6.35. The number of benzene rings is 2. The Morgan fingerprint density at radius 1 is 1.00 bits per heavy atom. The molecule has 2 aromatic carbocycles. The van der Waals surface area contributed by atoms with Gasteiger partial charge in [-0.3, -0.25) is 0 Å². The first-order valence-corrected chi connectivity index (χ1v) is 8.54. The Hall–Kier alpha value is -3.33. The predicted octanol–water partition coefficient (Wildman–Crippen LogP) is 4.41. The van der Waals surface area contributed by atoms with Gasteiger partial charge in [0.05, 0.1) is 18.0 Å². The summed E-state index contributed by atoms with van der Waals surface area (Å²) in [6, 6.07) is 14.4. The van der Waals surface area contributed by atoms with E-state index in [-0.39, 0.29) is 5.69 Å². The topological polar surface area (TPSA) is 51.4 Å². The van der Waals surface area contributed by atoms with Gasteiger partial charge in [0, 0.05) is 30.4 Å². The third-order valence-corrected chi connectivity index (χ3v) is 4.66. The first-order valence-electron chi connectivity index (χ1n) is 8.54. The molecule has 6 heteroatoms. The maximum Gasteiger partial charge on any atom is 0.222 e. The molecule has 1 aromatic heterocycles. The molecule has 1 aliphatic rings. The second kappa shape index (κ2) is 6.52. The van der Waals surface area contributed by atoms with Crippen LogP contribution in [0.1, 0.15) is 12.8 Å². The normalized spacial score (nSPS) is 13.8. The van der Waals surface area contributed by atoms with Crippen LogP contribution in [0.25, 0.3) is 21.8 Å². The van der Waals surface area contributed by atoms with Crippen LogP contribution in [0.3, 0.4) is 0 Å². The number of aromatic nitrogens is 2. The molecule has 0 bridgehead atoms. The van der Waals surface area contributed by atoms with E-state index in [1.807, 2.05) is 12.1 Å². The predicted molar refractivity (Wildman–Crippen MR) is 101 cm³/mol. The number of anilines is 2. The van der Waals surface area contributed by atoms with E-state index in [0.29, 0.717) is 17.1 Å². The molecule has 0 unspecified atom stereocenters. The average Bonchev–Trinajstić information content (AvgIpc) is 3.31. The van der Waals surface area contributed by atoms with Gasteiger partial charge in [0.2, 0.25) is 5.69 Å². The summed E-state index contributed by atoms with van der Waals surface area (Å²) in [5, 5.41) is 4.35. The molecule has 0 spiro atoms. The molecule has 0 saturated carbocycles.